The molecule has 3 aromatic rings. The summed E-state index contributed by atoms with van der Waals surface area (Å²) in [5.41, 5.74) is 12.1. The highest BCUT2D eigenvalue weighted by Gasteiger charge is 2.19. The third kappa shape index (κ3) is 9.51. The minimum absolute atomic E-state index is 0.116. The van der Waals surface area contributed by atoms with Crippen molar-refractivity contribution in [3.8, 4) is 0 Å². The van der Waals surface area contributed by atoms with E-state index in [0.717, 1.165) is 53.7 Å². The maximum atomic E-state index is 15.6. The highest BCUT2D eigenvalue weighted by atomic mass is 19.1. The number of hydrogen-bond acceptors (Lipinski definition) is 5. The summed E-state index contributed by atoms with van der Waals surface area (Å²) < 4.78 is 28.9. The quantitative estimate of drug-likeness (QED) is 0.129. The van der Waals surface area contributed by atoms with Gasteiger partial charge in [-0.15, -0.1) is 0 Å². The van der Waals surface area contributed by atoms with E-state index in [2.05, 4.69) is 48.3 Å². The van der Waals surface area contributed by atoms with Gasteiger partial charge in [0.25, 0.3) is 5.91 Å². The van der Waals surface area contributed by atoms with Crippen LogP contribution in [0.15, 0.2) is 84.3 Å². The number of nitrogens with zero attached hydrogens (tertiary/aromatic N) is 1. The summed E-state index contributed by atoms with van der Waals surface area (Å²) in [6, 6.07) is 12.5. The van der Waals surface area contributed by atoms with Crippen LogP contribution in [0.5, 0.6) is 0 Å². The van der Waals surface area contributed by atoms with Crippen LogP contribution in [0.1, 0.15) is 92.5 Å². The Hall–Kier alpha value is -4.46. The number of carbonyl (C=O) groups excluding carboxylic acids is 1. The van der Waals surface area contributed by atoms with Crippen LogP contribution in [-0.4, -0.2) is 17.4 Å². The normalized spacial score (nSPS) is 13.5. The molecule has 0 saturated heterocycles. The highest BCUT2D eigenvalue weighted by molar-refractivity contribution is 5.99. The van der Waals surface area contributed by atoms with Crippen LogP contribution < -0.4 is 21.7 Å². The molecule has 0 radical (unpaired) electrons. The molecule has 3 rings (SSSR count). The van der Waals surface area contributed by atoms with Gasteiger partial charge in [0.2, 0.25) is 0 Å². The predicted octanol–water partition coefficient (Wildman–Crippen LogP) is 8.34. The van der Waals surface area contributed by atoms with E-state index in [1.165, 1.54) is 18.2 Å². The van der Waals surface area contributed by atoms with Crippen LogP contribution in [0.2, 0.25) is 0 Å². The Morgan fingerprint density at radius 1 is 1.09 bits per heavy atom. The molecule has 45 heavy (non-hydrogen) atoms. The number of nitrogens with one attached hydrogen (secondary N) is 3. The van der Waals surface area contributed by atoms with E-state index in [9.17, 15) is 9.18 Å². The van der Waals surface area contributed by atoms with Crippen LogP contribution in [-0.2, 0) is 6.54 Å². The fourth-order valence-corrected chi connectivity index (χ4v) is 4.95. The van der Waals surface area contributed by atoms with Crippen molar-refractivity contribution < 1.29 is 13.6 Å². The Morgan fingerprint density at radius 2 is 1.80 bits per heavy atom. The summed E-state index contributed by atoms with van der Waals surface area (Å²) in [5, 5.41) is 9.44. The number of halogens is 2. The second kappa shape index (κ2) is 16.6. The van der Waals surface area contributed by atoms with Gasteiger partial charge in [-0.05, 0) is 85.2 Å². The Bertz CT molecular complexity index is 1540. The van der Waals surface area contributed by atoms with E-state index in [0.29, 0.717) is 34.2 Å². The number of carbonyl (C=O) groups is 1. The number of anilines is 1. The molecular formula is C37H47F2N5O. The Kier molecular flexibility index (Phi) is 12.9. The van der Waals surface area contributed by atoms with E-state index >= 15 is 4.39 Å². The summed E-state index contributed by atoms with van der Waals surface area (Å²) in [6.07, 6.45) is 6.30. The van der Waals surface area contributed by atoms with E-state index < -0.39 is 5.82 Å². The number of pyridine rings is 1. The maximum absolute atomic E-state index is 15.6. The van der Waals surface area contributed by atoms with Crippen LogP contribution in [0, 0.1) is 24.5 Å². The Balaban J connectivity index is 1.82. The molecule has 1 amide bonds. The molecule has 0 fully saturated rings. The number of hydrogen-bond donors (Lipinski definition) is 4. The summed E-state index contributed by atoms with van der Waals surface area (Å²) in [6.45, 7) is 17.1. The second-order valence-corrected chi connectivity index (χ2v) is 11.6. The first kappa shape index (κ1) is 35.0. The number of allylic oxidation sites excluding steroid dienone is 4. The largest absolute Gasteiger partial charge is 0.385 e. The van der Waals surface area contributed by atoms with Crippen LogP contribution in [0.25, 0.3) is 5.57 Å². The maximum Gasteiger partial charge on any atom is 0.255 e. The standard InChI is InChI=1S/C37H47F2N5O/c1-8-11-25(6)34(35(40)41-20-23(4)9-2)31(10-3)28-12-13-29(33(39)19-28)22-43-36-32(18-24(5)21-42-36)37(45)44-26(7)27-14-16-30(38)17-15-27/h10,12-19,21,23,26,41H,6,8-9,11,20,22,40H2,1-5,7H3,(H,42,43)(H,44,45)/b31-10-,35-34+. The smallest absolute Gasteiger partial charge is 0.255 e. The molecule has 8 heteroatoms. The van der Waals surface area contributed by atoms with Crippen molar-refractivity contribution in [3.63, 3.8) is 0 Å². The lowest BCUT2D eigenvalue weighted by atomic mass is 9.90. The topological polar surface area (TPSA) is 92.1 Å². The van der Waals surface area contributed by atoms with Crippen molar-refractivity contribution in [1.29, 1.82) is 0 Å². The SMILES string of the molecule is C=C(CCC)C(/C(=C\C)c1ccc(CNc2ncc(C)cc2C(=O)NC(C)c2ccc(F)cc2)c(F)c1)=C(/N)NCC(C)CC. The molecule has 5 N–H and O–H groups in total. The fourth-order valence-electron chi connectivity index (χ4n) is 4.95. The molecule has 1 aromatic heterocycles. The molecule has 2 unspecified atom stereocenters. The first-order chi connectivity index (χ1) is 21.5. The monoisotopic (exact) mass is 615 g/mol. The van der Waals surface area contributed by atoms with Crippen LogP contribution in [0.3, 0.4) is 0 Å². The number of benzene rings is 2. The zero-order valence-electron chi connectivity index (χ0n) is 27.4. The molecule has 0 bridgehead atoms. The number of nitrogens with two attached hydrogens (primary N) is 1. The molecule has 240 valence electrons. The van der Waals surface area contributed by atoms with Crippen molar-refractivity contribution in [2.45, 2.75) is 73.4 Å². The van der Waals surface area contributed by atoms with Gasteiger partial charge < -0.3 is 21.7 Å². The van der Waals surface area contributed by atoms with Crippen molar-refractivity contribution in [1.82, 2.24) is 15.6 Å². The van der Waals surface area contributed by atoms with E-state index in [1.54, 1.807) is 30.5 Å². The van der Waals surface area contributed by atoms with Gasteiger partial charge in [0, 0.05) is 30.4 Å². The van der Waals surface area contributed by atoms with Crippen molar-refractivity contribution in [3.05, 3.63) is 124 Å². The molecule has 2 aromatic carbocycles. The van der Waals surface area contributed by atoms with Crippen LogP contribution >= 0.6 is 0 Å². The van der Waals surface area contributed by atoms with Crippen molar-refractivity contribution in [2.24, 2.45) is 11.7 Å². The van der Waals surface area contributed by atoms with Gasteiger partial charge in [-0.2, -0.15) is 0 Å². The first-order valence-corrected chi connectivity index (χ1v) is 15.6. The molecular weight excluding hydrogens is 568 g/mol. The predicted molar refractivity (Wildman–Crippen MR) is 181 cm³/mol. The molecule has 0 aliphatic carbocycles. The minimum Gasteiger partial charge on any atom is -0.385 e. The van der Waals surface area contributed by atoms with Gasteiger partial charge in [-0.1, -0.05) is 70.5 Å². The molecule has 0 aliphatic rings. The lowest BCUT2D eigenvalue weighted by Crippen LogP contribution is -2.28. The van der Waals surface area contributed by atoms with Crippen LogP contribution in [0.4, 0.5) is 14.6 Å². The summed E-state index contributed by atoms with van der Waals surface area (Å²) in [7, 11) is 0. The van der Waals surface area contributed by atoms with Gasteiger partial charge in [0.1, 0.15) is 23.3 Å². The number of rotatable bonds is 15. The summed E-state index contributed by atoms with van der Waals surface area (Å²) in [5.74, 6) is 0.252. The lowest BCUT2D eigenvalue weighted by Gasteiger charge is -2.21. The summed E-state index contributed by atoms with van der Waals surface area (Å²) >= 11 is 0. The van der Waals surface area contributed by atoms with Crippen molar-refractivity contribution >= 4 is 17.3 Å². The average molecular weight is 616 g/mol. The van der Waals surface area contributed by atoms with Gasteiger partial charge >= 0.3 is 0 Å². The molecule has 0 aliphatic heterocycles. The zero-order chi connectivity index (χ0) is 33.1. The average Bonchev–Trinajstić information content (AvgIpc) is 3.02. The van der Waals surface area contributed by atoms with E-state index in [4.69, 9.17) is 5.73 Å². The number of amides is 1. The van der Waals surface area contributed by atoms with Gasteiger partial charge in [0.15, 0.2) is 0 Å². The molecule has 2 atom stereocenters. The minimum atomic E-state index is -0.394. The van der Waals surface area contributed by atoms with Crippen molar-refractivity contribution in [2.75, 3.05) is 11.9 Å². The lowest BCUT2D eigenvalue weighted by molar-refractivity contribution is 0.0940. The Morgan fingerprint density at radius 3 is 2.42 bits per heavy atom. The van der Waals surface area contributed by atoms with Gasteiger partial charge in [-0.25, -0.2) is 13.8 Å². The third-order valence-electron chi connectivity index (χ3n) is 7.87. The number of aryl methyl sites for hydroxylation is 1. The number of aromatic nitrogens is 1. The first-order valence-electron chi connectivity index (χ1n) is 15.6. The highest BCUT2D eigenvalue weighted by Crippen LogP contribution is 2.32. The summed E-state index contributed by atoms with van der Waals surface area (Å²) in [4.78, 5) is 17.7. The fraction of sp³-hybridized carbons (Fsp3) is 0.351. The van der Waals surface area contributed by atoms with Gasteiger partial charge in [0.05, 0.1) is 11.6 Å². The van der Waals surface area contributed by atoms with Gasteiger partial charge in [-0.3, -0.25) is 4.79 Å². The zero-order valence-corrected chi connectivity index (χ0v) is 27.4. The third-order valence-corrected chi connectivity index (χ3v) is 7.87. The Labute approximate surface area is 266 Å². The molecule has 1 heterocycles. The molecule has 0 saturated carbocycles. The molecule has 6 nitrogen and oxygen atoms in total. The van der Waals surface area contributed by atoms with E-state index in [-0.39, 0.29) is 24.3 Å². The second-order valence-electron chi connectivity index (χ2n) is 11.6. The molecule has 0 spiro atoms. The van der Waals surface area contributed by atoms with E-state index in [1.807, 2.05) is 32.9 Å².